The van der Waals surface area contributed by atoms with Gasteiger partial charge >= 0.3 is 0 Å². The van der Waals surface area contributed by atoms with E-state index in [2.05, 4.69) is 56.9 Å². The van der Waals surface area contributed by atoms with Crippen LogP contribution in [-0.4, -0.2) is 47.0 Å². The Kier molecular flexibility index (Phi) is 6.32. The lowest BCUT2D eigenvalue weighted by atomic mass is 10.0. The molecule has 1 fully saturated rings. The highest BCUT2D eigenvalue weighted by Crippen LogP contribution is 2.28. The molecule has 1 unspecified atom stereocenters. The van der Waals surface area contributed by atoms with E-state index >= 15 is 0 Å². The summed E-state index contributed by atoms with van der Waals surface area (Å²) in [6.45, 7) is 13.4. The van der Waals surface area contributed by atoms with Crippen molar-refractivity contribution in [2.45, 2.75) is 53.4 Å². The number of aryl methyl sites for hydroxylation is 2. The predicted octanol–water partition coefficient (Wildman–Crippen LogP) is 3.87. The van der Waals surface area contributed by atoms with Gasteiger partial charge in [0.1, 0.15) is 11.6 Å². The number of hydrogen-bond acceptors (Lipinski definition) is 4. The second-order valence-electron chi connectivity index (χ2n) is 7.94. The number of benzene rings is 1. The van der Waals surface area contributed by atoms with Crippen LogP contribution in [0, 0.1) is 13.8 Å². The van der Waals surface area contributed by atoms with Gasteiger partial charge in [-0.05, 0) is 25.8 Å². The van der Waals surface area contributed by atoms with Gasteiger partial charge in [0, 0.05) is 56.7 Å². The van der Waals surface area contributed by atoms with E-state index in [1.54, 1.807) is 6.92 Å². The maximum atomic E-state index is 11.7. The van der Waals surface area contributed by atoms with Crippen molar-refractivity contribution in [3.8, 4) is 0 Å². The standard InChI is InChI=1S/C23H32N4O/c1-6-17(3)22-24-18(4)21(15-20-9-7-8-16(2)14-20)23(25-22)27-12-10-26(11-13-27)19(5)28/h7-9,14,17H,6,10-13,15H2,1-5H3. The summed E-state index contributed by atoms with van der Waals surface area (Å²) in [5.41, 5.74) is 4.82. The van der Waals surface area contributed by atoms with Crippen molar-refractivity contribution in [2.24, 2.45) is 0 Å². The highest BCUT2D eigenvalue weighted by Gasteiger charge is 2.24. The molecule has 2 heterocycles. The fraction of sp³-hybridized carbons (Fsp3) is 0.522. The molecule has 5 nitrogen and oxygen atoms in total. The average molecular weight is 381 g/mol. The number of anilines is 1. The molecule has 1 aliphatic heterocycles. The van der Waals surface area contributed by atoms with E-state index in [0.29, 0.717) is 5.92 Å². The Labute approximate surface area is 168 Å². The van der Waals surface area contributed by atoms with Gasteiger partial charge in [0.05, 0.1) is 0 Å². The van der Waals surface area contributed by atoms with Crippen molar-refractivity contribution in [1.82, 2.24) is 14.9 Å². The summed E-state index contributed by atoms with van der Waals surface area (Å²) in [5, 5.41) is 0. The molecule has 0 saturated carbocycles. The summed E-state index contributed by atoms with van der Waals surface area (Å²) in [6, 6.07) is 8.65. The van der Waals surface area contributed by atoms with Crippen LogP contribution in [0.5, 0.6) is 0 Å². The molecule has 5 heteroatoms. The lowest BCUT2D eigenvalue weighted by Crippen LogP contribution is -2.48. The molecule has 0 aliphatic carbocycles. The third-order valence-electron chi connectivity index (χ3n) is 5.75. The fourth-order valence-electron chi connectivity index (χ4n) is 3.73. The van der Waals surface area contributed by atoms with Crippen LogP contribution in [0.2, 0.25) is 0 Å². The first-order valence-electron chi connectivity index (χ1n) is 10.3. The molecule has 1 atom stereocenters. The summed E-state index contributed by atoms with van der Waals surface area (Å²) in [6.07, 6.45) is 1.85. The molecule has 1 amide bonds. The molecule has 3 rings (SSSR count). The van der Waals surface area contributed by atoms with Crippen LogP contribution in [0.3, 0.4) is 0 Å². The summed E-state index contributed by atoms with van der Waals surface area (Å²) in [7, 11) is 0. The first-order chi connectivity index (χ1) is 13.4. The minimum atomic E-state index is 0.152. The van der Waals surface area contributed by atoms with E-state index in [9.17, 15) is 4.79 Å². The maximum absolute atomic E-state index is 11.7. The van der Waals surface area contributed by atoms with Crippen LogP contribution in [0.1, 0.15) is 61.3 Å². The quantitative estimate of drug-likeness (QED) is 0.790. The first-order valence-corrected chi connectivity index (χ1v) is 10.3. The molecule has 1 aromatic carbocycles. The van der Waals surface area contributed by atoms with Gasteiger partial charge in [-0.1, -0.05) is 43.7 Å². The Bertz CT molecular complexity index is 840. The van der Waals surface area contributed by atoms with E-state index in [1.165, 1.54) is 16.7 Å². The molecule has 2 aromatic rings. The van der Waals surface area contributed by atoms with Crippen LogP contribution in [0.25, 0.3) is 0 Å². The van der Waals surface area contributed by atoms with E-state index in [1.807, 2.05) is 4.90 Å². The van der Waals surface area contributed by atoms with Crippen molar-refractivity contribution in [2.75, 3.05) is 31.1 Å². The van der Waals surface area contributed by atoms with Crippen LogP contribution in [0.4, 0.5) is 5.82 Å². The maximum Gasteiger partial charge on any atom is 0.219 e. The number of carbonyl (C=O) groups excluding carboxylic acids is 1. The van der Waals surface area contributed by atoms with Crippen LogP contribution < -0.4 is 4.90 Å². The van der Waals surface area contributed by atoms with Crippen molar-refractivity contribution in [3.05, 3.63) is 52.5 Å². The van der Waals surface area contributed by atoms with Gasteiger partial charge < -0.3 is 9.80 Å². The van der Waals surface area contributed by atoms with Crippen LogP contribution >= 0.6 is 0 Å². The van der Waals surface area contributed by atoms with Gasteiger partial charge in [-0.25, -0.2) is 9.97 Å². The Hall–Kier alpha value is -2.43. The van der Waals surface area contributed by atoms with Gasteiger partial charge in [-0.2, -0.15) is 0 Å². The summed E-state index contributed by atoms with van der Waals surface area (Å²) >= 11 is 0. The zero-order valence-corrected chi connectivity index (χ0v) is 17.8. The van der Waals surface area contributed by atoms with Gasteiger partial charge in [0.15, 0.2) is 0 Å². The first kappa shape index (κ1) is 20.3. The largest absolute Gasteiger partial charge is 0.353 e. The third-order valence-corrected chi connectivity index (χ3v) is 5.75. The van der Waals surface area contributed by atoms with Crippen molar-refractivity contribution in [3.63, 3.8) is 0 Å². The SMILES string of the molecule is CCC(C)c1nc(C)c(Cc2cccc(C)c2)c(N2CCN(C(C)=O)CC2)n1. The number of nitrogens with zero attached hydrogens (tertiary/aromatic N) is 4. The monoisotopic (exact) mass is 380 g/mol. The summed E-state index contributed by atoms with van der Waals surface area (Å²) < 4.78 is 0. The molecule has 28 heavy (non-hydrogen) atoms. The Balaban J connectivity index is 1.97. The van der Waals surface area contributed by atoms with Crippen LogP contribution in [0.15, 0.2) is 24.3 Å². The number of rotatable bonds is 5. The Morgan fingerprint density at radius 1 is 1.14 bits per heavy atom. The minimum absolute atomic E-state index is 0.152. The van der Waals surface area contributed by atoms with E-state index < -0.39 is 0 Å². The third kappa shape index (κ3) is 4.51. The number of carbonyl (C=O) groups is 1. The zero-order valence-electron chi connectivity index (χ0n) is 17.8. The fourth-order valence-corrected chi connectivity index (χ4v) is 3.73. The smallest absolute Gasteiger partial charge is 0.219 e. The summed E-state index contributed by atoms with van der Waals surface area (Å²) in [5.74, 6) is 2.47. The summed E-state index contributed by atoms with van der Waals surface area (Å²) in [4.78, 5) is 25.8. The molecule has 1 saturated heterocycles. The Morgan fingerprint density at radius 3 is 2.46 bits per heavy atom. The lowest BCUT2D eigenvalue weighted by Gasteiger charge is -2.36. The predicted molar refractivity (Wildman–Crippen MR) is 114 cm³/mol. The molecule has 0 spiro atoms. The topological polar surface area (TPSA) is 49.3 Å². The highest BCUT2D eigenvalue weighted by atomic mass is 16.2. The molecule has 150 valence electrons. The number of hydrogen-bond donors (Lipinski definition) is 0. The van der Waals surface area contributed by atoms with Crippen LogP contribution in [-0.2, 0) is 11.2 Å². The second-order valence-corrected chi connectivity index (χ2v) is 7.94. The molecule has 0 N–H and O–H groups in total. The number of piperazine rings is 1. The van der Waals surface area contributed by atoms with E-state index in [-0.39, 0.29) is 5.91 Å². The molecular formula is C23H32N4O. The van der Waals surface area contributed by atoms with Crippen molar-refractivity contribution >= 4 is 11.7 Å². The molecule has 1 aliphatic rings. The second kappa shape index (κ2) is 8.72. The number of aromatic nitrogens is 2. The Morgan fingerprint density at radius 2 is 1.86 bits per heavy atom. The van der Waals surface area contributed by atoms with Crippen molar-refractivity contribution < 1.29 is 4.79 Å². The molecule has 0 radical (unpaired) electrons. The van der Waals surface area contributed by atoms with Gasteiger partial charge in [-0.3, -0.25) is 4.79 Å². The van der Waals surface area contributed by atoms with Gasteiger partial charge in [-0.15, -0.1) is 0 Å². The minimum Gasteiger partial charge on any atom is -0.353 e. The normalized spacial score (nSPS) is 15.6. The van der Waals surface area contributed by atoms with Crippen molar-refractivity contribution in [1.29, 1.82) is 0 Å². The average Bonchev–Trinajstić information content (AvgIpc) is 2.68. The van der Waals surface area contributed by atoms with E-state index in [4.69, 9.17) is 9.97 Å². The number of amides is 1. The van der Waals surface area contributed by atoms with Gasteiger partial charge in [0.25, 0.3) is 0 Å². The lowest BCUT2D eigenvalue weighted by molar-refractivity contribution is -0.129. The highest BCUT2D eigenvalue weighted by molar-refractivity contribution is 5.73. The molecule has 0 bridgehead atoms. The molecular weight excluding hydrogens is 348 g/mol. The molecule has 1 aromatic heterocycles. The van der Waals surface area contributed by atoms with Gasteiger partial charge in [0.2, 0.25) is 5.91 Å². The zero-order chi connectivity index (χ0) is 20.3. The van der Waals surface area contributed by atoms with E-state index in [0.717, 1.165) is 56.4 Å².